The van der Waals surface area contributed by atoms with E-state index in [2.05, 4.69) is 0 Å². The zero-order valence-corrected chi connectivity index (χ0v) is 10.0. The first-order chi connectivity index (χ1) is 8.66. The predicted molar refractivity (Wildman–Crippen MR) is 63.3 cm³/mol. The standard InChI is InChI=1S/C12H16N2O4/c15-11(16)8-13-3-1-4-14(6-5-13)12(17)10-2-7-18-9-10/h2,7,9H,1,3-6,8H2,(H,15,16). The summed E-state index contributed by atoms with van der Waals surface area (Å²) >= 11 is 0. The van der Waals surface area contributed by atoms with E-state index in [-0.39, 0.29) is 12.5 Å². The number of carbonyl (C=O) groups is 2. The Morgan fingerprint density at radius 2 is 2.11 bits per heavy atom. The fourth-order valence-corrected chi connectivity index (χ4v) is 2.09. The number of furan rings is 1. The Labute approximate surface area is 105 Å². The SMILES string of the molecule is O=C(O)CN1CCCN(C(=O)c2ccoc2)CC1. The minimum Gasteiger partial charge on any atom is -0.480 e. The van der Waals surface area contributed by atoms with E-state index in [9.17, 15) is 9.59 Å². The summed E-state index contributed by atoms with van der Waals surface area (Å²) in [5, 5.41) is 8.75. The Balaban J connectivity index is 1.93. The van der Waals surface area contributed by atoms with Gasteiger partial charge in [-0.25, -0.2) is 0 Å². The third-order valence-electron chi connectivity index (χ3n) is 3.00. The van der Waals surface area contributed by atoms with Crippen LogP contribution in [-0.2, 0) is 4.79 Å². The molecule has 1 aliphatic heterocycles. The van der Waals surface area contributed by atoms with E-state index < -0.39 is 5.97 Å². The van der Waals surface area contributed by atoms with Crippen molar-refractivity contribution in [3.8, 4) is 0 Å². The molecule has 6 nitrogen and oxygen atoms in total. The van der Waals surface area contributed by atoms with Gasteiger partial charge in [0.25, 0.3) is 5.91 Å². The highest BCUT2D eigenvalue weighted by Crippen LogP contribution is 2.09. The molecule has 0 atom stereocenters. The average molecular weight is 252 g/mol. The highest BCUT2D eigenvalue weighted by molar-refractivity contribution is 5.93. The normalized spacial score (nSPS) is 17.4. The van der Waals surface area contributed by atoms with Gasteiger partial charge >= 0.3 is 5.97 Å². The van der Waals surface area contributed by atoms with Crippen LogP contribution < -0.4 is 0 Å². The summed E-state index contributed by atoms with van der Waals surface area (Å²) in [4.78, 5) is 26.3. The summed E-state index contributed by atoms with van der Waals surface area (Å²) in [6, 6.07) is 1.64. The Hall–Kier alpha value is -1.82. The Kier molecular flexibility index (Phi) is 3.99. The molecule has 18 heavy (non-hydrogen) atoms. The third kappa shape index (κ3) is 3.10. The summed E-state index contributed by atoms with van der Waals surface area (Å²) < 4.78 is 4.90. The molecular formula is C12H16N2O4. The van der Waals surface area contributed by atoms with Gasteiger partial charge in [0.1, 0.15) is 6.26 Å². The van der Waals surface area contributed by atoms with Gasteiger partial charge in [-0.05, 0) is 12.5 Å². The van der Waals surface area contributed by atoms with E-state index in [1.54, 1.807) is 11.0 Å². The van der Waals surface area contributed by atoms with Gasteiger partial charge in [-0.1, -0.05) is 0 Å². The van der Waals surface area contributed by atoms with E-state index in [1.807, 2.05) is 4.90 Å². The lowest BCUT2D eigenvalue weighted by molar-refractivity contribution is -0.138. The Morgan fingerprint density at radius 3 is 2.78 bits per heavy atom. The lowest BCUT2D eigenvalue weighted by atomic mass is 10.3. The third-order valence-corrected chi connectivity index (χ3v) is 3.00. The second-order valence-electron chi connectivity index (χ2n) is 4.33. The molecule has 1 aromatic rings. The number of rotatable bonds is 3. The maximum Gasteiger partial charge on any atom is 0.317 e. The van der Waals surface area contributed by atoms with E-state index >= 15 is 0 Å². The molecule has 1 aromatic heterocycles. The largest absolute Gasteiger partial charge is 0.480 e. The van der Waals surface area contributed by atoms with Crippen molar-refractivity contribution >= 4 is 11.9 Å². The number of aliphatic carboxylic acids is 1. The van der Waals surface area contributed by atoms with Crippen molar-refractivity contribution in [1.82, 2.24) is 9.80 Å². The van der Waals surface area contributed by atoms with Crippen molar-refractivity contribution in [2.24, 2.45) is 0 Å². The fourth-order valence-electron chi connectivity index (χ4n) is 2.09. The number of hydrogen-bond acceptors (Lipinski definition) is 4. The van der Waals surface area contributed by atoms with Crippen molar-refractivity contribution in [1.29, 1.82) is 0 Å². The molecule has 1 fully saturated rings. The molecule has 0 saturated carbocycles. The molecule has 0 unspecified atom stereocenters. The van der Waals surface area contributed by atoms with Crippen LogP contribution in [0.5, 0.6) is 0 Å². The van der Waals surface area contributed by atoms with E-state index in [0.29, 0.717) is 31.7 Å². The van der Waals surface area contributed by atoms with Crippen LogP contribution >= 0.6 is 0 Å². The first-order valence-corrected chi connectivity index (χ1v) is 5.92. The molecule has 6 heteroatoms. The van der Waals surface area contributed by atoms with Crippen molar-refractivity contribution in [3.63, 3.8) is 0 Å². The van der Waals surface area contributed by atoms with Gasteiger partial charge in [-0.2, -0.15) is 0 Å². The maximum atomic E-state index is 12.1. The molecule has 0 aliphatic carbocycles. The summed E-state index contributed by atoms with van der Waals surface area (Å²) in [5.74, 6) is -0.884. The van der Waals surface area contributed by atoms with Gasteiger partial charge < -0.3 is 14.4 Å². The quantitative estimate of drug-likeness (QED) is 0.848. The molecule has 0 radical (unpaired) electrons. The van der Waals surface area contributed by atoms with Crippen molar-refractivity contribution in [3.05, 3.63) is 24.2 Å². The van der Waals surface area contributed by atoms with Gasteiger partial charge in [-0.15, -0.1) is 0 Å². The van der Waals surface area contributed by atoms with Crippen LogP contribution in [-0.4, -0.2) is 59.5 Å². The molecule has 0 bridgehead atoms. The van der Waals surface area contributed by atoms with Crippen molar-refractivity contribution < 1.29 is 19.1 Å². The van der Waals surface area contributed by atoms with Crippen LogP contribution in [0, 0.1) is 0 Å². The van der Waals surface area contributed by atoms with E-state index in [0.717, 1.165) is 6.42 Å². The number of carbonyl (C=O) groups excluding carboxylic acids is 1. The number of nitrogens with zero attached hydrogens (tertiary/aromatic N) is 2. The first kappa shape index (κ1) is 12.6. The van der Waals surface area contributed by atoms with Gasteiger partial charge in [-0.3, -0.25) is 14.5 Å². The second kappa shape index (κ2) is 5.68. The Bertz CT molecular complexity index is 416. The zero-order valence-electron chi connectivity index (χ0n) is 10.0. The molecule has 1 saturated heterocycles. The monoisotopic (exact) mass is 252 g/mol. The smallest absolute Gasteiger partial charge is 0.317 e. The van der Waals surface area contributed by atoms with Crippen LogP contribution in [0.4, 0.5) is 0 Å². The van der Waals surface area contributed by atoms with E-state index in [1.165, 1.54) is 12.5 Å². The maximum absolute atomic E-state index is 12.1. The van der Waals surface area contributed by atoms with Gasteiger partial charge in [0.05, 0.1) is 18.4 Å². The molecule has 1 amide bonds. The summed E-state index contributed by atoms with van der Waals surface area (Å²) in [6.45, 7) is 2.54. The summed E-state index contributed by atoms with van der Waals surface area (Å²) in [6.07, 6.45) is 3.70. The summed E-state index contributed by atoms with van der Waals surface area (Å²) in [5.41, 5.74) is 0.543. The molecule has 2 rings (SSSR count). The van der Waals surface area contributed by atoms with Crippen LogP contribution in [0.3, 0.4) is 0 Å². The summed E-state index contributed by atoms with van der Waals surface area (Å²) in [7, 11) is 0. The van der Waals surface area contributed by atoms with Gasteiger partial charge in [0, 0.05) is 26.2 Å². The van der Waals surface area contributed by atoms with Crippen LogP contribution in [0.25, 0.3) is 0 Å². The lowest BCUT2D eigenvalue weighted by Gasteiger charge is -2.20. The van der Waals surface area contributed by atoms with E-state index in [4.69, 9.17) is 9.52 Å². The molecule has 98 valence electrons. The average Bonchev–Trinajstić information content (AvgIpc) is 2.76. The predicted octanol–water partition coefficient (Wildman–Crippen LogP) is 0.512. The highest BCUT2D eigenvalue weighted by Gasteiger charge is 2.21. The molecule has 2 heterocycles. The van der Waals surface area contributed by atoms with Crippen LogP contribution in [0.15, 0.2) is 23.0 Å². The van der Waals surface area contributed by atoms with Crippen LogP contribution in [0.1, 0.15) is 16.8 Å². The van der Waals surface area contributed by atoms with Crippen LogP contribution in [0.2, 0.25) is 0 Å². The molecule has 0 spiro atoms. The number of carboxylic acid groups (broad SMARTS) is 1. The topological polar surface area (TPSA) is 74.0 Å². The first-order valence-electron chi connectivity index (χ1n) is 5.92. The fraction of sp³-hybridized carbons (Fsp3) is 0.500. The minimum absolute atomic E-state index is 0.0355. The minimum atomic E-state index is -0.829. The Morgan fingerprint density at radius 1 is 1.28 bits per heavy atom. The van der Waals surface area contributed by atoms with Gasteiger partial charge in [0.2, 0.25) is 0 Å². The van der Waals surface area contributed by atoms with Crippen molar-refractivity contribution in [2.75, 3.05) is 32.7 Å². The lowest BCUT2D eigenvalue weighted by Crippen LogP contribution is -2.36. The molecule has 1 aliphatic rings. The number of amides is 1. The zero-order chi connectivity index (χ0) is 13.0. The van der Waals surface area contributed by atoms with Crippen molar-refractivity contribution in [2.45, 2.75) is 6.42 Å². The molecule has 1 N–H and O–H groups in total. The number of hydrogen-bond donors (Lipinski definition) is 1. The second-order valence-corrected chi connectivity index (χ2v) is 4.33. The molecule has 0 aromatic carbocycles. The number of carboxylic acids is 1. The van der Waals surface area contributed by atoms with Gasteiger partial charge in [0.15, 0.2) is 0 Å². The highest BCUT2D eigenvalue weighted by atomic mass is 16.4. The molecular weight excluding hydrogens is 236 g/mol.